The van der Waals surface area contributed by atoms with Gasteiger partial charge in [-0.3, -0.25) is 9.87 Å². The van der Waals surface area contributed by atoms with Crippen molar-refractivity contribution >= 4 is 23.5 Å². The summed E-state index contributed by atoms with van der Waals surface area (Å²) < 4.78 is 5.34. The molecular weight excluding hydrogens is 384 g/mol. The summed E-state index contributed by atoms with van der Waals surface area (Å²) in [5.74, 6) is -1.51. The lowest BCUT2D eigenvalue weighted by Gasteiger charge is -2.19. The van der Waals surface area contributed by atoms with Crippen LogP contribution in [0.1, 0.15) is 51.5 Å². The second kappa shape index (κ2) is 8.83. The lowest BCUT2D eigenvalue weighted by atomic mass is 9.91. The lowest BCUT2D eigenvalue weighted by molar-refractivity contribution is -0.216. The van der Waals surface area contributed by atoms with Crippen LogP contribution in [0.2, 0.25) is 5.02 Å². The third-order valence-electron chi connectivity index (χ3n) is 3.86. The molecule has 1 aromatic heterocycles. The van der Waals surface area contributed by atoms with Crippen molar-refractivity contribution in [2.45, 2.75) is 33.8 Å². The molecular formula is C20H19ClN2O5. The maximum atomic E-state index is 12.8. The number of aromatic nitrogens is 1. The Morgan fingerprint density at radius 1 is 1.14 bits per heavy atom. The van der Waals surface area contributed by atoms with Crippen molar-refractivity contribution in [1.82, 2.24) is 4.98 Å². The third kappa shape index (κ3) is 4.14. The molecule has 146 valence electrons. The normalized spacial score (nSPS) is 10.5. The van der Waals surface area contributed by atoms with Gasteiger partial charge in [0.15, 0.2) is 0 Å². The molecule has 0 aliphatic carbocycles. The van der Waals surface area contributed by atoms with Crippen molar-refractivity contribution in [2.75, 3.05) is 7.11 Å². The van der Waals surface area contributed by atoms with Crippen LogP contribution in [0.4, 0.5) is 0 Å². The van der Waals surface area contributed by atoms with Crippen LogP contribution in [-0.2, 0) is 14.5 Å². The molecule has 2 rings (SSSR count). The van der Waals surface area contributed by atoms with E-state index in [1.165, 1.54) is 13.2 Å². The minimum Gasteiger partial charge on any atom is -0.459 e. The number of nitrogens with zero attached hydrogens (tertiary/aromatic N) is 2. The van der Waals surface area contributed by atoms with Crippen molar-refractivity contribution in [3.8, 4) is 17.2 Å². The average molecular weight is 403 g/mol. The first-order valence-corrected chi connectivity index (χ1v) is 8.76. The van der Waals surface area contributed by atoms with E-state index in [9.17, 15) is 14.9 Å². The number of pyridine rings is 1. The molecule has 0 saturated heterocycles. The zero-order valence-electron chi connectivity index (χ0n) is 16.1. The van der Waals surface area contributed by atoms with Gasteiger partial charge in [-0.25, -0.2) is 9.59 Å². The predicted octanol–water partition coefficient (Wildman–Crippen LogP) is 4.17. The molecule has 0 aliphatic rings. The van der Waals surface area contributed by atoms with Gasteiger partial charge in [-0.15, -0.1) is 0 Å². The summed E-state index contributed by atoms with van der Waals surface area (Å²) in [7, 11) is 1.19. The van der Waals surface area contributed by atoms with Gasteiger partial charge in [-0.1, -0.05) is 23.7 Å². The highest BCUT2D eigenvalue weighted by molar-refractivity contribution is 6.35. The van der Waals surface area contributed by atoms with Crippen molar-refractivity contribution < 1.29 is 24.1 Å². The quantitative estimate of drug-likeness (QED) is 0.420. The second-order valence-corrected chi connectivity index (χ2v) is 6.56. The minimum atomic E-state index is -0.848. The Morgan fingerprint density at radius 2 is 1.75 bits per heavy atom. The van der Waals surface area contributed by atoms with E-state index < -0.39 is 18.0 Å². The van der Waals surface area contributed by atoms with E-state index in [4.69, 9.17) is 16.3 Å². The summed E-state index contributed by atoms with van der Waals surface area (Å²) in [6, 6.07) is 6.73. The topological polar surface area (TPSA) is 98.5 Å². The van der Waals surface area contributed by atoms with E-state index in [1.807, 2.05) is 6.07 Å². The fraction of sp³-hybridized carbons (Fsp3) is 0.300. The Bertz CT molecular complexity index is 980. The molecule has 7 nitrogen and oxygen atoms in total. The number of aryl methyl sites for hydroxylation is 2. The second-order valence-electron chi connectivity index (χ2n) is 6.18. The monoisotopic (exact) mass is 402 g/mol. The summed E-state index contributed by atoms with van der Waals surface area (Å²) in [4.78, 5) is 38.9. The predicted molar refractivity (Wildman–Crippen MR) is 102 cm³/mol. The average Bonchev–Trinajstić information content (AvgIpc) is 2.60. The molecule has 0 spiro atoms. The Hall–Kier alpha value is -2.95. The van der Waals surface area contributed by atoms with Crippen molar-refractivity contribution in [3.05, 3.63) is 51.3 Å². The molecule has 0 unspecified atom stereocenters. The number of carbonyl (C=O) groups excluding carboxylic acids is 2. The largest absolute Gasteiger partial charge is 0.459 e. The molecule has 0 saturated carbocycles. The number of hydrogen-bond acceptors (Lipinski definition) is 7. The Labute approximate surface area is 167 Å². The number of rotatable bonds is 5. The first kappa shape index (κ1) is 21.4. The van der Waals surface area contributed by atoms with E-state index >= 15 is 0 Å². The first-order chi connectivity index (χ1) is 13.2. The highest BCUT2D eigenvalue weighted by Gasteiger charge is 2.30. The molecule has 0 atom stereocenters. The van der Waals surface area contributed by atoms with Crippen LogP contribution >= 0.6 is 11.6 Å². The summed E-state index contributed by atoms with van der Waals surface area (Å²) in [5, 5.41) is 9.41. The standard InChI is InChI=1S/C20H19ClN2O5/c1-10(2)27-19(24)15-11(3)23-12(4)16(20(25)28-26-5)17(15)14-8-6-7-13(9-22)18(14)21/h6-8,10H,1-5H3. The molecule has 1 aromatic carbocycles. The molecule has 1 heterocycles. The fourth-order valence-electron chi connectivity index (χ4n) is 2.82. The Morgan fingerprint density at radius 3 is 2.29 bits per heavy atom. The van der Waals surface area contributed by atoms with Gasteiger partial charge >= 0.3 is 11.9 Å². The van der Waals surface area contributed by atoms with Gasteiger partial charge in [0.2, 0.25) is 0 Å². The van der Waals surface area contributed by atoms with Crippen molar-refractivity contribution in [3.63, 3.8) is 0 Å². The third-order valence-corrected chi connectivity index (χ3v) is 4.26. The maximum absolute atomic E-state index is 12.8. The Balaban J connectivity index is 2.95. The smallest absolute Gasteiger partial charge is 0.375 e. The number of halogens is 1. The van der Waals surface area contributed by atoms with E-state index in [0.29, 0.717) is 17.0 Å². The molecule has 0 amide bonds. The first-order valence-electron chi connectivity index (χ1n) is 8.39. The van der Waals surface area contributed by atoms with Crippen molar-refractivity contribution in [1.29, 1.82) is 5.26 Å². The molecule has 0 bridgehead atoms. The van der Waals surface area contributed by atoms with E-state index in [1.54, 1.807) is 39.8 Å². The molecule has 0 fully saturated rings. The number of esters is 1. The highest BCUT2D eigenvalue weighted by Crippen LogP contribution is 2.38. The minimum absolute atomic E-state index is 0.000135. The zero-order chi connectivity index (χ0) is 21.0. The summed E-state index contributed by atoms with van der Waals surface area (Å²) in [6.07, 6.45) is -0.392. The number of hydrogen-bond donors (Lipinski definition) is 0. The summed E-state index contributed by atoms with van der Waals surface area (Å²) in [5.41, 5.74) is 1.42. The van der Waals surface area contributed by atoms with Gasteiger partial charge in [0.1, 0.15) is 6.07 Å². The molecule has 28 heavy (non-hydrogen) atoms. The maximum Gasteiger partial charge on any atom is 0.375 e. The van der Waals surface area contributed by atoms with Crippen LogP contribution < -0.4 is 0 Å². The van der Waals surface area contributed by atoms with E-state index in [0.717, 1.165) is 0 Å². The number of benzene rings is 1. The van der Waals surface area contributed by atoms with Crippen LogP contribution in [0, 0.1) is 25.2 Å². The van der Waals surface area contributed by atoms with Gasteiger partial charge in [-0.2, -0.15) is 10.1 Å². The molecule has 2 aromatic rings. The van der Waals surface area contributed by atoms with E-state index in [2.05, 4.69) is 14.8 Å². The van der Waals surface area contributed by atoms with Gasteiger partial charge in [0, 0.05) is 11.1 Å². The molecule has 0 N–H and O–H groups in total. The number of nitriles is 1. The van der Waals surface area contributed by atoms with Gasteiger partial charge in [0.05, 0.1) is 46.3 Å². The fourth-order valence-corrected chi connectivity index (χ4v) is 3.08. The van der Waals surface area contributed by atoms with E-state index in [-0.39, 0.29) is 27.3 Å². The van der Waals surface area contributed by atoms with Crippen LogP contribution in [0.5, 0.6) is 0 Å². The number of ether oxygens (including phenoxy) is 1. The summed E-state index contributed by atoms with van der Waals surface area (Å²) >= 11 is 6.41. The SMILES string of the molecule is COOC(=O)c1c(C)nc(C)c(C(=O)OC(C)C)c1-c1cccc(C#N)c1Cl. The summed E-state index contributed by atoms with van der Waals surface area (Å²) in [6.45, 7) is 6.64. The lowest BCUT2D eigenvalue weighted by Crippen LogP contribution is -2.19. The van der Waals surface area contributed by atoms with Gasteiger partial charge < -0.3 is 4.74 Å². The van der Waals surface area contributed by atoms with Gasteiger partial charge in [0.25, 0.3) is 0 Å². The number of carbonyl (C=O) groups is 2. The van der Waals surface area contributed by atoms with Crippen LogP contribution in [0.15, 0.2) is 18.2 Å². The Kier molecular flexibility index (Phi) is 6.73. The zero-order valence-corrected chi connectivity index (χ0v) is 16.9. The van der Waals surface area contributed by atoms with Crippen LogP contribution in [-0.4, -0.2) is 30.1 Å². The molecule has 8 heteroatoms. The highest BCUT2D eigenvalue weighted by atomic mass is 35.5. The van der Waals surface area contributed by atoms with Gasteiger partial charge in [-0.05, 0) is 33.8 Å². The molecule has 0 aliphatic heterocycles. The van der Waals surface area contributed by atoms with Crippen LogP contribution in [0.3, 0.4) is 0 Å². The molecule has 0 radical (unpaired) electrons. The van der Waals surface area contributed by atoms with Crippen LogP contribution in [0.25, 0.3) is 11.1 Å². The van der Waals surface area contributed by atoms with Crippen molar-refractivity contribution in [2.24, 2.45) is 0 Å².